The molecule has 134 valence electrons. The zero-order chi connectivity index (χ0) is 18.0. The number of ether oxygens (including phenoxy) is 1. The molecule has 8 heteroatoms. The zero-order valence-electron chi connectivity index (χ0n) is 14.7. The SMILES string of the molecule is CCCCn1c(=O)[nH]c2cc(C(Cc3cnn(C)c3)OC)[nH]c2c1=O. The maximum absolute atomic E-state index is 12.6. The van der Waals surface area contributed by atoms with Gasteiger partial charge in [0, 0.05) is 39.0 Å². The molecule has 0 saturated heterocycles. The van der Waals surface area contributed by atoms with Crippen LogP contribution in [0.5, 0.6) is 0 Å². The third-order valence-electron chi connectivity index (χ3n) is 4.33. The number of H-pyrrole nitrogens is 2. The van der Waals surface area contributed by atoms with Crippen LogP contribution >= 0.6 is 0 Å². The molecular formula is C17H23N5O3. The third-order valence-corrected chi connectivity index (χ3v) is 4.33. The van der Waals surface area contributed by atoms with Crippen LogP contribution in [-0.2, 0) is 24.8 Å². The van der Waals surface area contributed by atoms with Gasteiger partial charge in [-0.05, 0) is 18.1 Å². The summed E-state index contributed by atoms with van der Waals surface area (Å²) in [5.41, 5.74) is 2.02. The number of aromatic amines is 2. The molecule has 3 heterocycles. The Morgan fingerprint density at radius 1 is 1.32 bits per heavy atom. The van der Waals surface area contributed by atoms with Gasteiger partial charge in [0.15, 0.2) is 0 Å². The summed E-state index contributed by atoms with van der Waals surface area (Å²) in [4.78, 5) is 30.7. The molecule has 0 aromatic carbocycles. The van der Waals surface area contributed by atoms with Gasteiger partial charge in [-0.15, -0.1) is 0 Å². The van der Waals surface area contributed by atoms with Crippen LogP contribution in [0, 0.1) is 0 Å². The van der Waals surface area contributed by atoms with E-state index in [1.807, 2.05) is 20.2 Å². The van der Waals surface area contributed by atoms with Crippen molar-refractivity contribution in [1.82, 2.24) is 24.3 Å². The smallest absolute Gasteiger partial charge is 0.328 e. The van der Waals surface area contributed by atoms with Gasteiger partial charge in [-0.2, -0.15) is 5.10 Å². The molecule has 25 heavy (non-hydrogen) atoms. The van der Waals surface area contributed by atoms with Crippen LogP contribution in [0.2, 0.25) is 0 Å². The molecule has 3 aromatic rings. The highest BCUT2D eigenvalue weighted by Crippen LogP contribution is 2.22. The van der Waals surface area contributed by atoms with Crippen LogP contribution in [-0.4, -0.2) is 31.4 Å². The minimum Gasteiger partial charge on any atom is -0.375 e. The Balaban J connectivity index is 1.98. The van der Waals surface area contributed by atoms with Gasteiger partial charge in [0.25, 0.3) is 5.56 Å². The largest absolute Gasteiger partial charge is 0.375 e. The van der Waals surface area contributed by atoms with Gasteiger partial charge < -0.3 is 14.7 Å². The number of aromatic nitrogens is 5. The number of rotatable bonds is 7. The maximum Gasteiger partial charge on any atom is 0.328 e. The minimum atomic E-state index is -0.377. The van der Waals surface area contributed by atoms with Gasteiger partial charge in [-0.25, -0.2) is 4.79 Å². The van der Waals surface area contributed by atoms with Crippen LogP contribution in [0.4, 0.5) is 0 Å². The van der Waals surface area contributed by atoms with E-state index < -0.39 is 0 Å². The number of fused-ring (bicyclic) bond motifs is 1. The number of nitrogens with zero attached hydrogens (tertiary/aromatic N) is 3. The summed E-state index contributed by atoms with van der Waals surface area (Å²) in [6, 6.07) is 1.77. The monoisotopic (exact) mass is 345 g/mol. The van der Waals surface area contributed by atoms with Crippen LogP contribution < -0.4 is 11.2 Å². The van der Waals surface area contributed by atoms with Gasteiger partial charge in [-0.1, -0.05) is 13.3 Å². The lowest BCUT2D eigenvalue weighted by Crippen LogP contribution is -2.34. The molecule has 0 radical (unpaired) electrons. The highest BCUT2D eigenvalue weighted by atomic mass is 16.5. The van der Waals surface area contributed by atoms with Crippen LogP contribution in [0.1, 0.15) is 37.1 Å². The predicted molar refractivity (Wildman–Crippen MR) is 94.7 cm³/mol. The topological polar surface area (TPSA) is 97.7 Å². The average molecular weight is 345 g/mol. The molecule has 0 amide bonds. The Morgan fingerprint density at radius 3 is 2.76 bits per heavy atom. The van der Waals surface area contributed by atoms with E-state index in [0.29, 0.717) is 24.0 Å². The zero-order valence-corrected chi connectivity index (χ0v) is 14.7. The molecule has 0 aliphatic carbocycles. The fourth-order valence-electron chi connectivity index (χ4n) is 2.96. The summed E-state index contributed by atoms with van der Waals surface area (Å²) in [5.74, 6) is 0. The normalized spacial score (nSPS) is 12.8. The Morgan fingerprint density at radius 2 is 2.12 bits per heavy atom. The minimum absolute atomic E-state index is 0.261. The van der Waals surface area contributed by atoms with E-state index in [9.17, 15) is 9.59 Å². The lowest BCUT2D eigenvalue weighted by molar-refractivity contribution is 0.101. The number of hydrogen-bond acceptors (Lipinski definition) is 4. The molecule has 3 aromatic heterocycles. The molecule has 0 fully saturated rings. The van der Waals surface area contributed by atoms with Crippen molar-refractivity contribution in [3.63, 3.8) is 0 Å². The van der Waals surface area contributed by atoms with E-state index in [4.69, 9.17) is 4.74 Å². The number of hydrogen-bond donors (Lipinski definition) is 2. The summed E-state index contributed by atoms with van der Waals surface area (Å²) in [6.07, 6.45) is 5.76. The molecule has 0 aliphatic rings. The summed E-state index contributed by atoms with van der Waals surface area (Å²) >= 11 is 0. The Labute approximate surface area is 144 Å². The van der Waals surface area contributed by atoms with Crippen LogP contribution in [0.25, 0.3) is 11.0 Å². The van der Waals surface area contributed by atoms with Crippen LogP contribution in [0.15, 0.2) is 28.0 Å². The van der Waals surface area contributed by atoms with Crippen molar-refractivity contribution in [2.75, 3.05) is 7.11 Å². The van der Waals surface area contributed by atoms with E-state index in [-0.39, 0.29) is 17.4 Å². The number of nitrogens with one attached hydrogen (secondary N) is 2. The first-order valence-corrected chi connectivity index (χ1v) is 8.39. The van der Waals surface area contributed by atoms with Gasteiger partial charge in [0.1, 0.15) is 11.6 Å². The van der Waals surface area contributed by atoms with Gasteiger partial charge in [0.05, 0.1) is 11.7 Å². The summed E-state index contributed by atoms with van der Waals surface area (Å²) in [7, 11) is 3.48. The summed E-state index contributed by atoms with van der Waals surface area (Å²) < 4.78 is 8.55. The standard InChI is InChI=1S/C17H23N5O3/c1-4-5-6-22-16(23)15-13(20-17(22)24)8-12(19-15)14(25-3)7-11-9-18-21(2)10-11/h8-10,14,19H,4-7H2,1-3H3,(H,20,24). The van der Waals surface area contributed by atoms with Crippen molar-refractivity contribution in [3.8, 4) is 0 Å². The van der Waals surface area contributed by atoms with Crippen molar-refractivity contribution in [3.05, 3.63) is 50.6 Å². The fraction of sp³-hybridized carbons (Fsp3) is 0.471. The van der Waals surface area contributed by atoms with E-state index in [0.717, 1.165) is 24.1 Å². The highest BCUT2D eigenvalue weighted by molar-refractivity contribution is 5.74. The summed E-state index contributed by atoms with van der Waals surface area (Å²) in [5, 5.41) is 4.16. The van der Waals surface area contributed by atoms with Crippen molar-refractivity contribution in [2.45, 2.75) is 38.8 Å². The molecule has 3 rings (SSSR count). The summed E-state index contributed by atoms with van der Waals surface area (Å²) in [6.45, 7) is 2.43. The molecule has 8 nitrogen and oxygen atoms in total. The van der Waals surface area contributed by atoms with Crippen LogP contribution in [0.3, 0.4) is 0 Å². The van der Waals surface area contributed by atoms with Crippen molar-refractivity contribution in [1.29, 1.82) is 0 Å². The molecule has 0 spiro atoms. The lowest BCUT2D eigenvalue weighted by Gasteiger charge is -2.12. The first-order chi connectivity index (χ1) is 12.0. The molecule has 1 unspecified atom stereocenters. The third kappa shape index (κ3) is 3.43. The second-order valence-corrected chi connectivity index (χ2v) is 6.20. The number of methoxy groups -OCH3 is 1. The van der Waals surface area contributed by atoms with E-state index in [1.165, 1.54) is 4.57 Å². The molecule has 2 N–H and O–H groups in total. The van der Waals surface area contributed by atoms with E-state index in [2.05, 4.69) is 15.1 Å². The first kappa shape index (κ1) is 17.2. The van der Waals surface area contributed by atoms with E-state index in [1.54, 1.807) is 24.1 Å². The second kappa shape index (κ2) is 7.10. The second-order valence-electron chi connectivity index (χ2n) is 6.20. The Kier molecular flexibility index (Phi) is 4.89. The predicted octanol–water partition coefficient (Wildman–Crippen LogP) is 1.48. The molecular weight excluding hydrogens is 322 g/mol. The van der Waals surface area contributed by atoms with Crippen molar-refractivity contribution < 1.29 is 4.74 Å². The average Bonchev–Trinajstić information content (AvgIpc) is 3.18. The number of unbranched alkanes of at least 4 members (excludes halogenated alkanes) is 1. The fourth-order valence-corrected chi connectivity index (χ4v) is 2.96. The molecule has 0 bridgehead atoms. The van der Waals surface area contributed by atoms with Crippen molar-refractivity contribution >= 4 is 11.0 Å². The van der Waals surface area contributed by atoms with Gasteiger partial charge >= 0.3 is 5.69 Å². The van der Waals surface area contributed by atoms with E-state index >= 15 is 0 Å². The molecule has 0 aliphatic heterocycles. The number of aryl methyl sites for hydroxylation is 1. The first-order valence-electron chi connectivity index (χ1n) is 8.39. The van der Waals surface area contributed by atoms with Crippen molar-refractivity contribution in [2.24, 2.45) is 7.05 Å². The van der Waals surface area contributed by atoms with Gasteiger partial charge in [0.2, 0.25) is 0 Å². The molecule has 1 atom stereocenters. The Bertz CT molecular complexity index is 978. The van der Waals surface area contributed by atoms with Gasteiger partial charge in [-0.3, -0.25) is 14.0 Å². The molecule has 0 saturated carbocycles. The highest BCUT2D eigenvalue weighted by Gasteiger charge is 2.18. The lowest BCUT2D eigenvalue weighted by atomic mass is 10.1. The maximum atomic E-state index is 12.6. The Hall–Kier alpha value is -2.61. The quantitative estimate of drug-likeness (QED) is 0.678.